The van der Waals surface area contributed by atoms with Crippen molar-refractivity contribution < 1.29 is 8.42 Å². The van der Waals surface area contributed by atoms with E-state index < -0.39 is 10.0 Å². The Morgan fingerprint density at radius 1 is 1.60 bits per heavy atom. The molecular formula is C9H12BrNO2S2. The maximum absolute atomic E-state index is 12.2. The SMILES string of the molecule is CC1CCCN1S(=O)(=O)c1sccc1Br. The van der Waals surface area contributed by atoms with E-state index in [9.17, 15) is 8.42 Å². The number of hydrogen-bond acceptors (Lipinski definition) is 3. The van der Waals surface area contributed by atoms with Crippen LogP contribution >= 0.6 is 27.3 Å². The molecule has 0 amide bonds. The maximum atomic E-state index is 12.2. The number of halogens is 1. The highest BCUT2D eigenvalue weighted by Crippen LogP contribution is 2.33. The largest absolute Gasteiger partial charge is 0.253 e. The second-order valence-corrected chi connectivity index (χ2v) is 7.52. The summed E-state index contributed by atoms with van der Waals surface area (Å²) in [4.78, 5) is 0. The van der Waals surface area contributed by atoms with E-state index in [0.717, 1.165) is 12.8 Å². The Kier molecular flexibility index (Phi) is 3.21. The van der Waals surface area contributed by atoms with Gasteiger partial charge in [-0.05, 0) is 47.1 Å². The predicted octanol–water partition coefficient (Wildman–Crippen LogP) is 2.68. The Hall–Kier alpha value is 0.0900. The molecule has 1 unspecified atom stereocenters. The molecule has 0 N–H and O–H groups in total. The summed E-state index contributed by atoms with van der Waals surface area (Å²) in [6.45, 7) is 2.61. The summed E-state index contributed by atoms with van der Waals surface area (Å²) >= 11 is 4.54. The van der Waals surface area contributed by atoms with Gasteiger partial charge in [0.05, 0.1) is 0 Å². The molecular weight excluding hydrogens is 298 g/mol. The van der Waals surface area contributed by atoms with Crippen molar-refractivity contribution in [3.8, 4) is 0 Å². The summed E-state index contributed by atoms with van der Waals surface area (Å²) in [6, 6.07) is 1.90. The first-order valence-electron chi connectivity index (χ1n) is 4.78. The standard InChI is InChI=1S/C9H12BrNO2S2/c1-7-3-2-5-11(7)15(12,13)9-8(10)4-6-14-9/h4,6-7H,2-3,5H2,1H3. The van der Waals surface area contributed by atoms with Crippen LogP contribution in [0.1, 0.15) is 19.8 Å². The first kappa shape index (κ1) is 11.6. The molecule has 0 bridgehead atoms. The lowest BCUT2D eigenvalue weighted by atomic mass is 10.3. The van der Waals surface area contributed by atoms with Crippen LogP contribution < -0.4 is 0 Å². The Labute approximate surface area is 102 Å². The van der Waals surface area contributed by atoms with Crippen LogP contribution in [-0.2, 0) is 10.0 Å². The Morgan fingerprint density at radius 3 is 2.80 bits per heavy atom. The number of thiophene rings is 1. The van der Waals surface area contributed by atoms with Gasteiger partial charge < -0.3 is 0 Å². The van der Waals surface area contributed by atoms with E-state index in [1.807, 2.05) is 6.92 Å². The molecule has 0 spiro atoms. The summed E-state index contributed by atoms with van der Waals surface area (Å²) in [5.74, 6) is 0. The van der Waals surface area contributed by atoms with E-state index in [1.165, 1.54) is 11.3 Å². The normalized spacial score (nSPS) is 23.5. The van der Waals surface area contributed by atoms with Crippen molar-refractivity contribution in [1.29, 1.82) is 0 Å². The van der Waals surface area contributed by atoms with Crippen molar-refractivity contribution in [2.75, 3.05) is 6.54 Å². The molecule has 1 atom stereocenters. The number of hydrogen-bond donors (Lipinski definition) is 0. The highest BCUT2D eigenvalue weighted by atomic mass is 79.9. The van der Waals surface area contributed by atoms with Crippen LogP contribution in [0, 0.1) is 0 Å². The zero-order chi connectivity index (χ0) is 11.1. The first-order valence-corrected chi connectivity index (χ1v) is 7.89. The molecule has 2 heterocycles. The van der Waals surface area contributed by atoms with Crippen LogP contribution in [0.4, 0.5) is 0 Å². The van der Waals surface area contributed by atoms with Gasteiger partial charge in [-0.25, -0.2) is 8.42 Å². The molecule has 2 rings (SSSR count). The second kappa shape index (κ2) is 4.16. The number of nitrogens with zero attached hydrogens (tertiary/aromatic N) is 1. The van der Waals surface area contributed by atoms with E-state index in [4.69, 9.17) is 0 Å². The van der Waals surface area contributed by atoms with Gasteiger partial charge in [-0.2, -0.15) is 4.31 Å². The molecule has 0 radical (unpaired) electrons. The molecule has 1 fully saturated rings. The van der Waals surface area contributed by atoms with Crippen molar-refractivity contribution in [2.45, 2.75) is 30.0 Å². The van der Waals surface area contributed by atoms with Crippen LogP contribution in [0.15, 0.2) is 20.1 Å². The zero-order valence-corrected chi connectivity index (χ0v) is 11.5. The van der Waals surface area contributed by atoms with Crippen LogP contribution in [0.2, 0.25) is 0 Å². The fourth-order valence-corrected chi connectivity index (χ4v) is 5.96. The molecule has 1 aromatic heterocycles. The van der Waals surface area contributed by atoms with E-state index in [2.05, 4.69) is 15.9 Å². The summed E-state index contributed by atoms with van der Waals surface area (Å²) in [7, 11) is -3.27. The van der Waals surface area contributed by atoms with Crippen LogP contribution in [-0.4, -0.2) is 25.3 Å². The molecule has 0 aliphatic carbocycles. The van der Waals surface area contributed by atoms with Crippen molar-refractivity contribution in [3.05, 3.63) is 15.9 Å². The maximum Gasteiger partial charge on any atom is 0.253 e. The molecule has 1 aliphatic rings. The lowest BCUT2D eigenvalue weighted by Crippen LogP contribution is -2.33. The van der Waals surface area contributed by atoms with Gasteiger partial charge in [0.15, 0.2) is 0 Å². The van der Waals surface area contributed by atoms with Crippen molar-refractivity contribution in [2.24, 2.45) is 0 Å². The summed E-state index contributed by atoms with van der Waals surface area (Å²) in [5, 5.41) is 1.79. The molecule has 6 heteroatoms. The highest BCUT2D eigenvalue weighted by Gasteiger charge is 2.34. The molecule has 1 aliphatic heterocycles. The molecule has 1 aromatic rings. The third-order valence-corrected chi connectivity index (χ3v) is 7.28. The quantitative estimate of drug-likeness (QED) is 0.842. The second-order valence-electron chi connectivity index (χ2n) is 3.66. The minimum absolute atomic E-state index is 0.129. The minimum atomic E-state index is -3.27. The van der Waals surface area contributed by atoms with Gasteiger partial charge in [0, 0.05) is 17.1 Å². The Morgan fingerprint density at radius 2 is 2.33 bits per heavy atom. The van der Waals surface area contributed by atoms with Crippen LogP contribution in [0.25, 0.3) is 0 Å². The van der Waals surface area contributed by atoms with Gasteiger partial charge in [0.1, 0.15) is 4.21 Å². The molecule has 0 aromatic carbocycles. The molecule has 84 valence electrons. The average Bonchev–Trinajstić information content (AvgIpc) is 2.73. The summed E-state index contributed by atoms with van der Waals surface area (Å²) in [5.41, 5.74) is 0. The lowest BCUT2D eigenvalue weighted by Gasteiger charge is -2.20. The van der Waals surface area contributed by atoms with Crippen LogP contribution in [0.3, 0.4) is 0 Å². The monoisotopic (exact) mass is 309 g/mol. The number of rotatable bonds is 2. The average molecular weight is 310 g/mol. The Balaban J connectivity index is 2.39. The highest BCUT2D eigenvalue weighted by molar-refractivity contribution is 9.10. The van der Waals surface area contributed by atoms with Gasteiger partial charge in [-0.15, -0.1) is 11.3 Å². The first-order chi connectivity index (χ1) is 7.03. The van der Waals surface area contributed by atoms with E-state index in [0.29, 0.717) is 15.2 Å². The fraction of sp³-hybridized carbons (Fsp3) is 0.556. The van der Waals surface area contributed by atoms with E-state index >= 15 is 0 Å². The molecule has 1 saturated heterocycles. The van der Waals surface area contributed by atoms with Crippen molar-refractivity contribution in [1.82, 2.24) is 4.31 Å². The topological polar surface area (TPSA) is 37.4 Å². The Bertz CT molecular complexity index is 454. The van der Waals surface area contributed by atoms with E-state index in [1.54, 1.807) is 15.8 Å². The third kappa shape index (κ3) is 2.00. The van der Waals surface area contributed by atoms with Crippen molar-refractivity contribution >= 4 is 37.3 Å². The van der Waals surface area contributed by atoms with Gasteiger partial charge in [-0.3, -0.25) is 0 Å². The van der Waals surface area contributed by atoms with E-state index in [-0.39, 0.29) is 6.04 Å². The summed E-state index contributed by atoms with van der Waals surface area (Å²) < 4.78 is 27.2. The summed E-state index contributed by atoms with van der Waals surface area (Å²) in [6.07, 6.45) is 1.92. The third-order valence-electron chi connectivity index (χ3n) is 2.62. The zero-order valence-electron chi connectivity index (χ0n) is 8.31. The smallest absolute Gasteiger partial charge is 0.206 e. The lowest BCUT2D eigenvalue weighted by molar-refractivity contribution is 0.409. The molecule has 0 saturated carbocycles. The van der Waals surface area contributed by atoms with Gasteiger partial charge in [-0.1, -0.05) is 0 Å². The van der Waals surface area contributed by atoms with Crippen LogP contribution in [0.5, 0.6) is 0 Å². The molecule has 15 heavy (non-hydrogen) atoms. The molecule has 3 nitrogen and oxygen atoms in total. The predicted molar refractivity (Wildman–Crippen MR) is 64.6 cm³/mol. The van der Waals surface area contributed by atoms with Crippen molar-refractivity contribution in [3.63, 3.8) is 0 Å². The van der Waals surface area contributed by atoms with Gasteiger partial charge in [0.25, 0.3) is 10.0 Å². The van der Waals surface area contributed by atoms with Gasteiger partial charge in [0.2, 0.25) is 0 Å². The minimum Gasteiger partial charge on any atom is -0.206 e. The number of sulfonamides is 1. The fourth-order valence-electron chi connectivity index (χ4n) is 1.83. The van der Waals surface area contributed by atoms with Gasteiger partial charge >= 0.3 is 0 Å².